The van der Waals surface area contributed by atoms with Gasteiger partial charge in [-0.3, -0.25) is 14.1 Å². The molecule has 0 fully saturated rings. The molecule has 3 rings (SSSR count). The van der Waals surface area contributed by atoms with Crippen LogP contribution in [0.5, 0.6) is 0 Å². The first-order valence-electron chi connectivity index (χ1n) is 6.78. The zero-order valence-electron chi connectivity index (χ0n) is 12.4. The van der Waals surface area contributed by atoms with Crippen molar-refractivity contribution in [2.24, 2.45) is 0 Å². The summed E-state index contributed by atoms with van der Waals surface area (Å²) in [5.74, 6) is -1.22. The Kier molecular flexibility index (Phi) is 3.35. The minimum Gasteiger partial charge on any atom is -0.282 e. The number of hydrogen-bond donors (Lipinski definition) is 1. The largest absolute Gasteiger partial charge is 0.296 e. The van der Waals surface area contributed by atoms with Gasteiger partial charge < -0.3 is 0 Å². The third-order valence-electron chi connectivity index (χ3n) is 3.71. The number of anilines is 1. The van der Waals surface area contributed by atoms with Crippen molar-refractivity contribution in [1.82, 2.24) is 0 Å². The smallest absolute Gasteiger partial charge is 0.282 e. The summed E-state index contributed by atoms with van der Waals surface area (Å²) in [6.45, 7) is 3.24. The number of nitrogens with zero attached hydrogens (tertiary/aromatic N) is 1. The van der Waals surface area contributed by atoms with Crippen molar-refractivity contribution in [3.63, 3.8) is 0 Å². The van der Waals surface area contributed by atoms with E-state index in [9.17, 15) is 22.6 Å². The molecule has 1 N–H and O–H groups in total. The summed E-state index contributed by atoms with van der Waals surface area (Å²) < 4.78 is 32.9. The van der Waals surface area contributed by atoms with E-state index >= 15 is 0 Å². The molecule has 6 nitrogen and oxygen atoms in total. The lowest BCUT2D eigenvalue weighted by atomic mass is 10.1. The summed E-state index contributed by atoms with van der Waals surface area (Å²) in [6, 6.07) is 9.14. The number of benzene rings is 2. The van der Waals surface area contributed by atoms with Crippen molar-refractivity contribution >= 4 is 27.6 Å². The van der Waals surface area contributed by atoms with E-state index in [2.05, 4.69) is 0 Å². The van der Waals surface area contributed by atoms with Crippen LogP contribution in [0.2, 0.25) is 0 Å². The maximum atomic E-state index is 12.6. The van der Waals surface area contributed by atoms with E-state index in [-0.39, 0.29) is 16.8 Å². The van der Waals surface area contributed by atoms with E-state index in [0.717, 1.165) is 4.90 Å². The van der Waals surface area contributed by atoms with Gasteiger partial charge in [-0.1, -0.05) is 18.2 Å². The third kappa shape index (κ3) is 2.34. The summed E-state index contributed by atoms with van der Waals surface area (Å²) in [5.41, 5.74) is 1.31. The SMILES string of the molecule is Cc1cc(C)c(N2C(=O)c3ccccc3C2=O)c(S(=O)(=O)O)c1. The van der Waals surface area contributed by atoms with Crippen LogP contribution in [0.1, 0.15) is 31.8 Å². The fourth-order valence-electron chi connectivity index (χ4n) is 2.80. The summed E-state index contributed by atoms with van der Waals surface area (Å²) in [5, 5.41) is 0. The van der Waals surface area contributed by atoms with E-state index < -0.39 is 26.8 Å². The van der Waals surface area contributed by atoms with E-state index in [1.807, 2.05) is 0 Å². The second-order valence-electron chi connectivity index (χ2n) is 5.39. The van der Waals surface area contributed by atoms with Crippen LogP contribution in [0, 0.1) is 13.8 Å². The molecule has 23 heavy (non-hydrogen) atoms. The van der Waals surface area contributed by atoms with Gasteiger partial charge in [0.15, 0.2) is 0 Å². The van der Waals surface area contributed by atoms with Gasteiger partial charge in [-0.15, -0.1) is 0 Å². The molecule has 0 unspecified atom stereocenters. The van der Waals surface area contributed by atoms with Gasteiger partial charge in [0, 0.05) is 0 Å². The minimum absolute atomic E-state index is 0.107. The van der Waals surface area contributed by atoms with Crippen LogP contribution in [0.4, 0.5) is 5.69 Å². The lowest BCUT2D eigenvalue weighted by Crippen LogP contribution is -2.31. The Labute approximate surface area is 133 Å². The highest BCUT2D eigenvalue weighted by atomic mass is 32.2. The Balaban J connectivity index is 2.30. The van der Waals surface area contributed by atoms with E-state index in [1.165, 1.54) is 18.2 Å². The van der Waals surface area contributed by atoms with Crippen LogP contribution in [0.25, 0.3) is 0 Å². The number of hydrogen-bond acceptors (Lipinski definition) is 4. The molecule has 1 aliphatic heterocycles. The molecule has 2 aromatic rings. The third-order valence-corrected chi connectivity index (χ3v) is 4.57. The Hall–Kier alpha value is -2.51. The molecule has 0 saturated carbocycles. The average molecular weight is 331 g/mol. The van der Waals surface area contributed by atoms with Crippen molar-refractivity contribution in [2.45, 2.75) is 18.7 Å². The van der Waals surface area contributed by atoms with Crippen LogP contribution in [0.15, 0.2) is 41.3 Å². The van der Waals surface area contributed by atoms with Crippen molar-refractivity contribution in [2.75, 3.05) is 4.90 Å². The normalized spacial score (nSPS) is 14.3. The zero-order valence-corrected chi connectivity index (χ0v) is 13.2. The predicted octanol–water partition coefficient (Wildman–Crippen LogP) is 2.35. The molecule has 0 spiro atoms. The predicted molar refractivity (Wildman–Crippen MR) is 83.3 cm³/mol. The van der Waals surface area contributed by atoms with Gasteiger partial charge in [0.1, 0.15) is 4.90 Å². The molecule has 1 heterocycles. The fraction of sp³-hybridized carbons (Fsp3) is 0.125. The molecular formula is C16H13NO5S. The van der Waals surface area contributed by atoms with Crippen molar-refractivity contribution in [3.05, 3.63) is 58.7 Å². The van der Waals surface area contributed by atoms with Crippen LogP contribution in [-0.2, 0) is 10.1 Å². The summed E-state index contributed by atoms with van der Waals surface area (Å²) in [6.07, 6.45) is 0. The molecule has 2 amide bonds. The summed E-state index contributed by atoms with van der Waals surface area (Å²) >= 11 is 0. The standard InChI is InChI=1S/C16H13NO5S/c1-9-7-10(2)14(13(8-9)23(20,21)22)17-15(18)11-5-3-4-6-12(11)16(17)19/h3-8H,1-2H3,(H,20,21,22). The second kappa shape index (κ2) is 5.00. The Morgan fingerprint density at radius 1 is 0.957 bits per heavy atom. The van der Waals surface area contributed by atoms with Gasteiger partial charge in [0.2, 0.25) is 0 Å². The molecule has 0 aromatic heterocycles. The van der Waals surface area contributed by atoms with E-state index in [4.69, 9.17) is 0 Å². The number of aryl methyl sites for hydroxylation is 2. The first kappa shape index (κ1) is 15.4. The van der Waals surface area contributed by atoms with Crippen LogP contribution < -0.4 is 4.90 Å². The van der Waals surface area contributed by atoms with Gasteiger partial charge in [-0.25, -0.2) is 4.90 Å². The second-order valence-corrected chi connectivity index (χ2v) is 6.78. The summed E-state index contributed by atoms with van der Waals surface area (Å²) in [7, 11) is -4.60. The zero-order chi connectivity index (χ0) is 16.9. The fourth-order valence-corrected chi connectivity index (χ4v) is 3.63. The molecule has 0 saturated heterocycles. The van der Waals surface area contributed by atoms with Gasteiger partial charge in [-0.2, -0.15) is 8.42 Å². The lowest BCUT2D eigenvalue weighted by molar-refractivity contribution is 0.0925. The maximum Gasteiger partial charge on any atom is 0.296 e. The van der Waals surface area contributed by atoms with Crippen LogP contribution in [0.3, 0.4) is 0 Å². The highest BCUT2D eigenvalue weighted by molar-refractivity contribution is 7.86. The van der Waals surface area contributed by atoms with Crippen molar-refractivity contribution in [3.8, 4) is 0 Å². The number of imide groups is 1. The quantitative estimate of drug-likeness (QED) is 0.673. The number of carbonyl (C=O) groups is 2. The Morgan fingerprint density at radius 2 is 1.48 bits per heavy atom. The molecule has 0 bridgehead atoms. The van der Waals surface area contributed by atoms with E-state index in [0.29, 0.717) is 11.1 Å². The topological polar surface area (TPSA) is 91.8 Å². The Morgan fingerprint density at radius 3 is 1.96 bits per heavy atom. The van der Waals surface area contributed by atoms with Crippen LogP contribution >= 0.6 is 0 Å². The number of rotatable bonds is 2. The molecule has 118 valence electrons. The molecule has 1 aliphatic rings. The minimum atomic E-state index is -4.60. The van der Waals surface area contributed by atoms with Gasteiger partial charge in [0.05, 0.1) is 16.8 Å². The van der Waals surface area contributed by atoms with E-state index in [1.54, 1.807) is 32.0 Å². The lowest BCUT2D eigenvalue weighted by Gasteiger charge is -2.20. The van der Waals surface area contributed by atoms with Crippen molar-refractivity contribution in [1.29, 1.82) is 0 Å². The molecular weight excluding hydrogens is 318 g/mol. The van der Waals surface area contributed by atoms with Crippen molar-refractivity contribution < 1.29 is 22.6 Å². The number of amides is 2. The highest BCUT2D eigenvalue weighted by Gasteiger charge is 2.39. The molecule has 7 heteroatoms. The van der Waals surface area contributed by atoms with Gasteiger partial charge >= 0.3 is 0 Å². The molecule has 0 atom stereocenters. The molecule has 0 radical (unpaired) electrons. The average Bonchev–Trinajstić information content (AvgIpc) is 2.71. The first-order valence-corrected chi connectivity index (χ1v) is 8.22. The first-order chi connectivity index (χ1) is 10.7. The molecule has 2 aromatic carbocycles. The van der Waals surface area contributed by atoms with Gasteiger partial charge in [-0.05, 0) is 43.2 Å². The monoisotopic (exact) mass is 331 g/mol. The van der Waals surface area contributed by atoms with Crippen LogP contribution in [-0.4, -0.2) is 24.8 Å². The maximum absolute atomic E-state index is 12.6. The Bertz CT molecular complexity index is 927. The summed E-state index contributed by atoms with van der Waals surface area (Å²) in [4.78, 5) is 25.5. The molecule has 0 aliphatic carbocycles. The number of fused-ring (bicyclic) bond motifs is 1. The highest BCUT2D eigenvalue weighted by Crippen LogP contribution is 2.36. The number of carbonyl (C=O) groups excluding carboxylic acids is 2. The van der Waals surface area contributed by atoms with Gasteiger partial charge in [0.25, 0.3) is 21.9 Å².